The number of nitrogens with two attached hydrogens (primary N) is 1. The lowest BCUT2D eigenvalue weighted by molar-refractivity contribution is 0.0867. The summed E-state index contributed by atoms with van der Waals surface area (Å²) in [5.74, 6) is 1.52. The molecular formula is C13H28N2. The highest BCUT2D eigenvalue weighted by atomic mass is 15.2. The molecule has 1 saturated heterocycles. The Morgan fingerprint density at radius 2 is 2.00 bits per heavy atom. The molecule has 4 atom stereocenters. The van der Waals surface area contributed by atoms with Crippen LogP contribution in [-0.4, -0.2) is 30.1 Å². The van der Waals surface area contributed by atoms with E-state index >= 15 is 0 Å². The Labute approximate surface area is 95.2 Å². The van der Waals surface area contributed by atoms with Crippen LogP contribution in [-0.2, 0) is 0 Å². The highest BCUT2D eigenvalue weighted by Gasteiger charge is 2.29. The van der Waals surface area contributed by atoms with Gasteiger partial charge < -0.3 is 10.6 Å². The molecule has 1 fully saturated rings. The molecule has 0 amide bonds. The average molecular weight is 212 g/mol. The molecule has 0 aliphatic carbocycles. The molecule has 1 aliphatic rings. The molecule has 2 N–H and O–H groups in total. The number of hydrogen-bond acceptors (Lipinski definition) is 2. The van der Waals surface area contributed by atoms with E-state index < -0.39 is 0 Å². The van der Waals surface area contributed by atoms with E-state index in [2.05, 4.69) is 32.6 Å². The minimum Gasteiger partial charge on any atom is -0.327 e. The van der Waals surface area contributed by atoms with Gasteiger partial charge in [-0.25, -0.2) is 0 Å². The molecule has 0 bridgehead atoms. The first-order valence-corrected chi connectivity index (χ1v) is 6.59. The zero-order valence-electron chi connectivity index (χ0n) is 10.9. The van der Waals surface area contributed by atoms with Crippen molar-refractivity contribution < 1.29 is 0 Å². The topological polar surface area (TPSA) is 29.3 Å². The Morgan fingerprint density at radius 3 is 2.53 bits per heavy atom. The summed E-state index contributed by atoms with van der Waals surface area (Å²) < 4.78 is 0. The first-order chi connectivity index (χ1) is 7.10. The van der Waals surface area contributed by atoms with Gasteiger partial charge in [0, 0.05) is 18.6 Å². The summed E-state index contributed by atoms with van der Waals surface area (Å²) >= 11 is 0. The third kappa shape index (κ3) is 3.18. The second-order valence-corrected chi connectivity index (χ2v) is 5.24. The Balaban J connectivity index is 2.50. The fourth-order valence-corrected chi connectivity index (χ4v) is 2.58. The Hall–Kier alpha value is -0.0800. The molecule has 0 spiro atoms. The second-order valence-electron chi connectivity index (χ2n) is 5.24. The van der Waals surface area contributed by atoms with Crippen molar-refractivity contribution in [3.63, 3.8) is 0 Å². The van der Waals surface area contributed by atoms with E-state index in [4.69, 9.17) is 5.73 Å². The minimum absolute atomic E-state index is 0.440. The quantitative estimate of drug-likeness (QED) is 0.776. The molecule has 1 heterocycles. The summed E-state index contributed by atoms with van der Waals surface area (Å²) in [5, 5.41) is 0. The van der Waals surface area contributed by atoms with Crippen molar-refractivity contribution in [3.8, 4) is 0 Å². The zero-order valence-corrected chi connectivity index (χ0v) is 10.9. The van der Waals surface area contributed by atoms with E-state index in [0.717, 1.165) is 12.0 Å². The van der Waals surface area contributed by atoms with E-state index in [1.165, 1.54) is 32.4 Å². The van der Waals surface area contributed by atoms with E-state index in [9.17, 15) is 0 Å². The van der Waals surface area contributed by atoms with Gasteiger partial charge in [0.1, 0.15) is 0 Å². The number of rotatable bonds is 4. The Bertz CT molecular complexity index is 181. The normalized spacial score (nSPS) is 32.6. The van der Waals surface area contributed by atoms with Crippen molar-refractivity contribution in [3.05, 3.63) is 0 Å². The molecule has 15 heavy (non-hydrogen) atoms. The molecule has 90 valence electrons. The molecule has 0 aromatic rings. The van der Waals surface area contributed by atoms with Crippen molar-refractivity contribution in [1.29, 1.82) is 0 Å². The first kappa shape index (κ1) is 13.0. The highest BCUT2D eigenvalue weighted by Crippen LogP contribution is 2.23. The second kappa shape index (κ2) is 5.86. The van der Waals surface area contributed by atoms with Crippen LogP contribution in [0, 0.1) is 11.8 Å². The lowest BCUT2D eigenvalue weighted by Crippen LogP contribution is -2.51. The predicted molar refractivity (Wildman–Crippen MR) is 66.9 cm³/mol. The van der Waals surface area contributed by atoms with Crippen molar-refractivity contribution in [2.75, 3.05) is 13.1 Å². The van der Waals surface area contributed by atoms with Gasteiger partial charge in [-0.3, -0.25) is 0 Å². The maximum absolute atomic E-state index is 6.13. The lowest BCUT2D eigenvalue weighted by atomic mass is 9.88. The fraction of sp³-hybridized carbons (Fsp3) is 1.00. The van der Waals surface area contributed by atoms with Crippen LogP contribution in [0.5, 0.6) is 0 Å². The smallest absolute Gasteiger partial charge is 0.00925 e. The largest absolute Gasteiger partial charge is 0.327 e. The van der Waals surface area contributed by atoms with E-state index in [1.54, 1.807) is 0 Å². The molecule has 0 saturated carbocycles. The van der Waals surface area contributed by atoms with Crippen LogP contribution in [0.15, 0.2) is 0 Å². The van der Waals surface area contributed by atoms with Crippen LogP contribution in [0.1, 0.15) is 47.0 Å². The summed E-state index contributed by atoms with van der Waals surface area (Å²) in [4.78, 5) is 2.64. The Kier molecular flexibility index (Phi) is 5.07. The number of nitrogens with zero attached hydrogens (tertiary/aromatic N) is 1. The highest BCUT2D eigenvalue weighted by molar-refractivity contribution is 4.85. The summed E-state index contributed by atoms with van der Waals surface area (Å²) in [6.45, 7) is 11.7. The summed E-state index contributed by atoms with van der Waals surface area (Å²) in [7, 11) is 0. The van der Waals surface area contributed by atoms with Crippen molar-refractivity contribution in [2.24, 2.45) is 17.6 Å². The van der Waals surface area contributed by atoms with Gasteiger partial charge in [-0.15, -0.1) is 0 Å². The van der Waals surface area contributed by atoms with Crippen molar-refractivity contribution in [1.82, 2.24) is 4.90 Å². The van der Waals surface area contributed by atoms with Gasteiger partial charge in [-0.05, 0) is 31.7 Å². The summed E-state index contributed by atoms with van der Waals surface area (Å²) in [5.41, 5.74) is 6.13. The van der Waals surface area contributed by atoms with Crippen molar-refractivity contribution >= 4 is 0 Å². The molecule has 1 rings (SSSR count). The molecule has 0 aromatic carbocycles. The van der Waals surface area contributed by atoms with Gasteiger partial charge in [-0.2, -0.15) is 0 Å². The predicted octanol–water partition coefficient (Wildman–Crippen LogP) is 2.48. The van der Waals surface area contributed by atoms with Gasteiger partial charge >= 0.3 is 0 Å². The zero-order chi connectivity index (χ0) is 11.4. The fourth-order valence-electron chi connectivity index (χ4n) is 2.58. The molecule has 4 unspecified atom stereocenters. The summed E-state index contributed by atoms with van der Waals surface area (Å²) in [6.07, 6.45) is 3.69. The van der Waals surface area contributed by atoms with E-state index in [-0.39, 0.29) is 0 Å². The van der Waals surface area contributed by atoms with Crippen LogP contribution in [0.3, 0.4) is 0 Å². The average Bonchev–Trinajstić information content (AvgIpc) is 2.27. The number of hydrogen-bond donors (Lipinski definition) is 1. The van der Waals surface area contributed by atoms with E-state index in [0.29, 0.717) is 12.0 Å². The Morgan fingerprint density at radius 1 is 1.33 bits per heavy atom. The SMILES string of the molecule is CCC(C)C(C)N1CCC(N)C(CC)C1. The van der Waals surface area contributed by atoms with Gasteiger partial charge in [0.15, 0.2) is 0 Å². The van der Waals surface area contributed by atoms with Crippen LogP contribution < -0.4 is 5.73 Å². The number of piperidine rings is 1. The van der Waals surface area contributed by atoms with Gasteiger partial charge in [0.05, 0.1) is 0 Å². The van der Waals surface area contributed by atoms with Crippen LogP contribution in [0.2, 0.25) is 0 Å². The maximum atomic E-state index is 6.13. The van der Waals surface area contributed by atoms with Gasteiger partial charge in [0.25, 0.3) is 0 Å². The van der Waals surface area contributed by atoms with Gasteiger partial charge in [0.2, 0.25) is 0 Å². The van der Waals surface area contributed by atoms with Crippen LogP contribution >= 0.6 is 0 Å². The van der Waals surface area contributed by atoms with Crippen LogP contribution in [0.25, 0.3) is 0 Å². The van der Waals surface area contributed by atoms with Crippen LogP contribution in [0.4, 0.5) is 0 Å². The minimum atomic E-state index is 0.440. The monoisotopic (exact) mass is 212 g/mol. The standard InChI is InChI=1S/C13H28N2/c1-5-10(3)11(4)15-8-7-13(14)12(6-2)9-15/h10-13H,5-9,14H2,1-4H3. The molecule has 0 radical (unpaired) electrons. The first-order valence-electron chi connectivity index (χ1n) is 6.59. The van der Waals surface area contributed by atoms with Gasteiger partial charge in [-0.1, -0.05) is 33.6 Å². The third-order valence-electron chi connectivity index (χ3n) is 4.39. The summed E-state index contributed by atoms with van der Waals surface area (Å²) in [6, 6.07) is 1.16. The van der Waals surface area contributed by atoms with E-state index in [1.807, 2.05) is 0 Å². The molecule has 0 aromatic heterocycles. The molecule has 2 heteroatoms. The molecular weight excluding hydrogens is 184 g/mol. The molecule has 2 nitrogen and oxygen atoms in total. The third-order valence-corrected chi connectivity index (χ3v) is 4.39. The lowest BCUT2D eigenvalue weighted by Gasteiger charge is -2.41. The van der Waals surface area contributed by atoms with Crippen molar-refractivity contribution in [2.45, 2.75) is 59.0 Å². The maximum Gasteiger partial charge on any atom is 0.00925 e. The number of likely N-dealkylation sites (tertiary alicyclic amines) is 1. The molecule has 1 aliphatic heterocycles.